The van der Waals surface area contributed by atoms with Crippen LogP contribution in [0.1, 0.15) is 29.3 Å². The Morgan fingerprint density at radius 1 is 1.00 bits per heavy atom. The van der Waals surface area contributed by atoms with Crippen molar-refractivity contribution in [2.45, 2.75) is 24.3 Å². The average Bonchev–Trinajstić information content (AvgIpc) is 3.33. The summed E-state index contributed by atoms with van der Waals surface area (Å²) in [7, 11) is -3.77. The van der Waals surface area contributed by atoms with Gasteiger partial charge in [0.1, 0.15) is 11.5 Å². The first-order valence-electron chi connectivity index (χ1n) is 8.33. The highest BCUT2D eigenvalue weighted by Gasteiger charge is 2.38. The first-order chi connectivity index (χ1) is 12.6. The van der Waals surface area contributed by atoms with Gasteiger partial charge >= 0.3 is 0 Å². The fourth-order valence-corrected chi connectivity index (χ4v) is 4.49. The van der Waals surface area contributed by atoms with Gasteiger partial charge in [0.2, 0.25) is 0 Å². The van der Waals surface area contributed by atoms with Crippen molar-refractivity contribution in [3.8, 4) is 0 Å². The molecular formula is C20H18N2O3S. The number of aryl methyl sites for hydroxylation is 1. The third-order valence-corrected chi connectivity index (χ3v) is 6.12. The molecule has 0 unspecified atom stereocenters. The Bertz CT molecular complexity index is 1020. The Morgan fingerprint density at radius 3 is 2.38 bits per heavy atom. The second-order valence-corrected chi connectivity index (χ2v) is 8.04. The van der Waals surface area contributed by atoms with Crippen LogP contribution in [0.25, 0.3) is 0 Å². The molecule has 0 bridgehead atoms. The van der Waals surface area contributed by atoms with Crippen LogP contribution in [0.3, 0.4) is 0 Å². The van der Waals surface area contributed by atoms with Crippen molar-refractivity contribution in [2.75, 3.05) is 0 Å². The molecule has 1 aliphatic rings. The molecule has 2 heterocycles. The molecule has 0 fully saturated rings. The first kappa shape index (κ1) is 16.6. The van der Waals surface area contributed by atoms with Crippen LogP contribution in [0.4, 0.5) is 0 Å². The molecule has 4 rings (SSSR count). The van der Waals surface area contributed by atoms with Crippen LogP contribution in [0, 0.1) is 6.92 Å². The Labute approximate surface area is 152 Å². The van der Waals surface area contributed by atoms with E-state index in [2.05, 4.69) is 5.10 Å². The fourth-order valence-electron chi connectivity index (χ4n) is 3.04. The summed E-state index contributed by atoms with van der Waals surface area (Å²) in [6, 6.07) is 19.4. The van der Waals surface area contributed by atoms with Gasteiger partial charge in [-0.2, -0.15) is 17.9 Å². The summed E-state index contributed by atoms with van der Waals surface area (Å²) in [5.41, 5.74) is 2.65. The summed E-state index contributed by atoms with van der Waals surface area (Å²) in [6.07, 6.45) is 2.02. The molecule has 3 aromatic rings. The van der Waals surface area contributed by atoms with Crippen molar-refractivity contribution in [3.05, 3.63) is 89.9 Å². The molecule has 0 amide bonds. The summed E-state index contributed by atoms with van der Waals surface area (Å²) >= 11 is 0. The number of hydrazone groups is 1. The Morgan fingerprint density at radius 2 is 1.73 bits per heavy atom. The second kappa shape index (κ2) is 6.46. The van der Waals surface area contributed by atoms with Gasteiger partial charge in [-0.15, -0.1) is 0 Å². The van der Waals surface area contributed by atoms with E-state index in [0.717, 1.165) is 11.1 Å². The molecule has 0 N–H and O–H groups in total. The van der Waals surface area contributed by atoms with E-state index in [-0.39, 0.29) is 4.90 Å². The number of rotatable bonds is 4. The number of benzene rings is 2. The molecular weight excluding hydrogens is 348 g/mol. The highest BCUT2D eigenvalue weighted by atomic mass is 32.2. The molecule has 1 aliphatic heterocycles. The van der Waals surface area contributed by atoms with E-state index in [9.17, 15) is 8.42 Å². The van der Waals surface area contributed by atoms with Gasteiger partial charge in [-0.1, -0.05) is 48.0 Å². The van der Waals surface area contributed by atoms with E-state index in [4.69, 9.17) is 4.42 Å². The van der Waals surface area contributed by atoms with Crippen molar-refractivity contribution < 1.29 is 12.8 Å². The molecule has 0 aliphatic carbocycles. The number of nitrogens with zero attached hydrogens (tertiary/aromatic N) is 2. The van der Waals surface area contributed by atoms with Crippen LogP contribution in [-0.4, -0.2) is 18.5 Å². The molecule has 6 heteroatoms. The predicted octanol–water partition coefficient (Wildman–Crippen LogP) is 4.13. The molecule has 0 spiro atoms. The van der Waals surface area contributed by atoms with Crippen LogP contribution in [0.5, 0.6) is 0 Å². The minimum Gasteiger partial charge on any atom is -0.463 e. The summed E-state index contributed by atoms with van der Waals surface area (Å²) in [4.78, 5) is 0.224. The predicted molar refractivity (Wildman–Crippen MR) is 99.2 cm³/mol. The molecule has 132 valence electrons. The quantitative estimate of drug-likeness (QED) is 0.697. The number of sulfonamides is 1. The maximum atomic E-state index is 13.2. The Kier molecular flexibility index (Phi) is 4.12. The third-order valence-electron chi connectivity index (χ3n) is 4.43. The summed E-state index contributed by atoms with van der Waals surface area (Å²) in [5.74, 6) is 0.591. The number of furan rings is 1. The normalized spacial score (nSPS) is 17.3. The van der Waals surface area contributed by atoms with E-state index in [0.29, 0.717) is 17.9 Å². The monoisotopic (exact) mass is 366 g/mol. The summed E-state index contributed by atoms with van der Waals surface area (Å²) in [6.45, 7) is 2.00. The van der Waals surface area contributed by atoms with Gasteiger partial charge in [-0.05, 0) is 36.8 Å². The lowest BCUT2D eigenvalue weighted by molar-refractivity contribution is 0.371. The van der Waals surface area contributed by atoms with E-state index >= 15 is 0 Å². The van der Waals surface area contributed by atoms with Crippen molar-refractivity contribution in [1.29, 1.82) is 0 Å². The highest BCUT2D eigenvalue weighted by molar-refractivity contribution is 7.89. The largest absolute Gasteiger partial charge is 0.463 e. The Balaban J connectivity index is 1.79. The Hall–Kier alpha value is -2.86. The molecule has 5 nitrogen and oxygen atoms in total. The zero-order valence-corrected chi connectivity index (χ0v) is 15.1. The summed E-state index contributed by atoms with van der Waals surface area (Å²) < 4.78 is 33.0. The van der Waals surface area contributed by atoms with Gasteiger partial charge in [0.15, 0.2) is 0 Å². The maximum absolute atomic E-state index is 13.2. The lowest BCUT2D eigenvalue weighted by atomic mass is 10.0. The van der Waals surface area contributed by atoms with Crippen LogP contribution in [0.15, 0.2) is 87.4 Å². The van der Waals surface area contributed by atoms with Crippen LogP contribution >= 0.6 is 0 Å². The standard InChI is InChI=1S/C20H18N2O3S/c1-15-9-11-16(12-10-15)19-14-18(20-8-5-13-25-20)21-22(19)26(23,24)17-6-3-2-4-7-17/h2-13,19H,14H2,1H3/t19-/m0/s1. The molecule has 0 radical (unpaired) electrons. The lowest BCUT2D eigenvalue weighted by Gasteiger charge is -2.23. The van der Waals surface area contributed by atoms with E-state index in [1.807, 2.05) is 31.2 Å². The van der Waals surface area contributed by atoms with Gasteiger partial charge in [0.25, 0.3) is 10.0 Å². The summed E-state index contributed by atoms with van der Waals surface area (Å²) in [5, 5.41) is 4.43. The maximum Gasteiger partial charge on any atom is 0.279 e. The van der Waals surface area contributed by atoms with Crippen LogP contribution in [0.2, 0.25) is 0 Å². The zero-order valence-electron chi connectivity index (χ0n) is 14.2. The molecule has 0 saturated carbocycles. The lowest BCUT2D eigenvalue weighted by Crippen LogP contribution is -2.27. The zero-order chi connectivity index (χ0) is 18.1. The van der Waals surface area contributed by atoms with Gasteiger partial charge in [0.05, 0.1) is 17.2 Å². The van der Waals surface area contributed by atoms with Crippen LogP contribution < -0.4 is 0 Å². The first-order valence-corrected chi connectivity index (χ1v) is 9.77. The molecule has 1 atom stereocenters. The van der Waals surface area contributed by atoms with E-state index in [1.165, 1.54) is 4.41 Å². The molecule has 1 aromatic heterocycles. The van der Waals surface area contributed by atoms with Crippen molar-refractivity contribution in [3.63, 3.8) is 0 Å². The smallest absolute Gasteiger partial charge is 0.279 e. The van der Waals surface area contributed by atoms with Gasteiger partial charge in [0, 0.05) is 6.42 Å². The average molecular weight is 366 g/mol. The van der Waals surface area contributed by atoms with Gasteiger partial charge in [-0.3, -0.25) is 0 Å². The number of hydrogen-bond donors (Lipinski definition) is 0. The van der Waals surface area contributed by atoms with Gasteiger partial charge < -0.3 is 4.42 Å². The number of hydrogen-bond acceptors (Lipinski definition) is 4. The van der Waals surface area contributed by atoms with Crippen molar-refractivity contribution in [2.24, 2.45) is 5.10 Å². The van der Waals surface area contributed by atoms with Gasteiger partial charge in [-0.25, -0.2) is 0 Å². The molecule has 0 saturated heterocycles. The second-order valence-electron chi connectivity index (χ2n) is 6.25. The van der Waals surface area contributed by atoms with Crippen molar-refractivity contribution in [1.82, 2.24) is 4.41 Å². The minimum absolute atomic E-state index is 0.224. The van der Waals surface area contributed by atoms with E-state index in [1.54, 1.807) is 48.7 Å². The molecule has 26 heavy (non-hydrogen) atoms. The SMILES string of the molecule is Cc1ccc([C@@H]2CC(c3ccco3)=NN2S(=O)(=O)c2ccccc2)cc1. The third kappa shape index (κ3) is 2.93. The highest BCUT2D eigenvalue weighted by Crippen LogP contribution is 2.37. The van der Waals surface area contributed by atoms with E-state index < -0.39 is 16.1 Å². The van der Waals surface area contributed by atoms with Crippen LogP contribution in [-0.2, 0) is 10.0 Å². The minimum atomic E-state index is -3.77. The molecule has 2 aromatic carbocycles. The topological polar surface area (TPSA) is 62.9 Å². The van der Waals surface area contributed by atoms with Crippen molar-refractivity contribution >= 4 is 15.7 Å². The fraction of sp³-hybridized carbons (Fsp3) is 0.150.